The zero-order chi connectivity index (χ0) is 33.2. The van der Waals surface area contributed by atoms with Crippen LogP contribution in [0.1, 0.15) is 124 Å². The van der Waals surface area contributed by atoms with Gasteiger partial charge in [0.15, 0.2) is 23.3 Å². The van der Waals surface area contributed by atoms with Crippen molar-refractivity contribution in [2.45, 2.75) is 131 Å². The Balaban J connectivity index is 1.74. The van der Waals surface area contributed by atoms with Crippen molar-refractivity contribution in [3.05, 3.63) is 71.0 Å². The van der Waals surface area contributed by atoms with Gasteiger partial charge in [0.05, 0.1) is 11.4 Å². The first-order chi connectivity index (χ1) is 21.1. The lowest BCUT2D eigenvalue weighted by Gasteiger charge is -2.31. The highest BCUT2D eigenvalue weighted by atomic mass is 16.5. The van der Waals surface area contributed by atoms with E-state index in [4.69, 9.17) is 14.5 Å². The number of aromatic nitrogens is 3. The number of unbranched alkanes of at least 4 members (excludes halogenated alkanes) is 1. The third-order valence-electron chi connectivity index (χ3n) is 9.26. The van der Waals surface area contributed by atoms with Gasteiger partial charge in [-0.15, -0.1) is 0 Å². The van der Waals surface area contributed by atoms with Crippen LogP contribution in [0.4, 0.5) is 5.82 Å². The molecule has 0 saturated heterocycles. The van der Waals surface area contributed by atoms with Gasteiger partial charge in [0.1, 0.15) is 11.5 Å². The monoisotopic (exact) mass is 614 g/mol. The van der Waals surface area contributed by atoms with Crippen LogP contribution in [-0.4, -0.2) is 26.6 Å². The van der Waals surface area contributed by atoms with Crippen molar-refractivity contribution in [3.63, 3.8) is 0 Å². The molecule has 0 bridgehead atoms. The van der Waals surface area contributed by atoms with E-state index >= 15 is 0 Å². The Bertz CT molecular complexity index is 1610. The number of anilines is 1. The van der Waals surface area contributed by atoms with Gasteiger partial charge in [0, 0.05) is 11.0 Å². The highest BCUT2D eigenvalue weighted by Gasteiger charge is 2.32. The largest absolute Gasteiger partial charge is 0.480 e. The fourth-order valence-electron chi connectivity index (χ4n) is 5.40. The predicted octanol–water partition coefficient (Wildman–Crippen LogP) is 10.0. The number of hydrogen-bond acceptors (Lipinski definition) is 4. The SMILES string of the molecule is CCCCC(Oc1ccc(C(C)(C)CC)cc1C(C)(C)CC)C(=O)Nc1c(C(C)(C)C)nc2c(Oc3ccccc3)c(C)[nH]n12. The minimum Gasteiger partial charge on any atom is -0.480 e. The molecule has 0 aliphatic rings. The van der Waals surface area contributed by atoms with Gasteiger partial charge >= 0.3 is 0 Å². The summed E-state index contributed by atoms with van der Waals surface area (Å²) in [6.45, 7) is 23.9. The molecule has 1 unspecified atom stereocenters. The Labute approximate surface area is 270 Å². The molecule has 1 amide bonds. The van der Waals surface area contributed by atoms with Crippen molar-refractivity contribution in [2.75, 3.05) is 5.32 Å². The number of aromatic amines is 1. The minimum atomic E-state index is -0.671. The van der Waals surface area contributed by atoms with Crippen molar-refractivity contribution in [3.8, 4) is 17.2 Å². The van der Waals surface area contributed by atoms with Gasteiger partial charge in [-0.3, -0.25) is 9.89 Å². The van der Waals surface area contributed by atoms with E-state index in [1.807, 2.05) is 41.8 Å². The fourth-order valence-corrected chi connectivity index (χ4v) is 5.40. The van der Waals surface area contributed by atoms with Crippen LogP contribution >= 0.6 is 0 Å². The molecule has 0 aliphatic heterocycles. The molecule has 0 aliphatic carbocycles. The van der Waals surface area contributed by atoms with Crippen LogP contribution in [-0.2, 0) is 21.0 Å². The lowest BCUT2D eigenvalue weighted by molar-refractivity contribution is -0.123. The molecule has 4 rings (SSSR count). The molecule has 2 N–H and O–H groups in total. The second-order valence-corrected chi connectivity index (χ2v) is 14.6. The first kappa shape index (κ1) is 34.1. The maximum absolute atomic E-state index is 14.2. The zero-order valence-electron chi connectivity index (χ0n) is 29.4. The number of nitrogens with one attached hydrogen (secondary N) is 2. The quantitative estimate of drug-likeness (QED) is 0.157. The standard InChI is InChI=1S/C38H54N4O3/c1-12-15-21-30(45-29-23-22-26(37(8,9)13-2)24-28(29)38(10,11)14-3)35(43)40-34-32(36(5,6)7)39-33-31(25(4)41-42(33)34)44-27-19-17-16-18-20-27/h16-20,22-24,30,41H,12-15,21H2,1-11H3,(H,40,43). The van der Waals surface area contributed by atoms with Crippen LogP contribution in [0.3, 0.4) is 0 Å². The van der Waals surface area contributed by atoms with Gasteiger partial charge in [-0.1, -0.05) is 106 Å². The van der Waals surface area contributed by atoms with Crippen molar-refractivity contribution in [1.29, 1.82) is 0 Å². The molecule has 2 aromatic heterocycles. The van der Waals surface area contributed by atoms with Crippen LogP contribution in [0.15, 0.2) is 48.5 Å². The normalized spacial score (nSPS) is 13.2. The molecule has 0 fully saturated rings. The summed E-state index contributed by atoms with van der Waals surface area (Å²) in [5.74, 6) is 2.55. The molecular weight excluding hydrogens is 560 g/mol. The van der Waals surface area contributed by atoms with Crippen LogP contribution in [0.2, 0.25) is 0 Å². The number of hydrogen-bond donors (Lipinski definition) is 2. The molecule has 0 spiro atoms. The Kier molecular flexibility index (Phi) is 10.1. The number of carbonyl (C=O) groups excluding carboxylic acids is 1. The number of aryl methyl sites for hydroxylation is 1. The average Bonchev–Trinajstić information content (AvgIpc) is 3.50. The molecule has 1 atom stereocenters. The number of para-hydroxylation sites is 1. The Morgan fingerprint density at radius 1 is 0.956 bits per heavy atom. The van der Waals surface area contributed by atoms with Crippen molar-refractivity contribution in [2.24, 2.45) is 0 Å². The Hall–Kier alpha value is -3.74. The van der Waals surface area contributed by atoms with Gasteiger partial charge in [-0.25, -0.2) is 9.50 Å². The third kappa shape index (κ3) is 7.40. The smallest absolute Gasteiger partial charge is 0.266 e. The summed E-state index contributed by atoms with van der Waals surface area (Å²) in [7, 11) is 0. The van der Waals surface area contributed by atoms with E-state index in [0.29, 0.717) is 23.6 Å². The van der Waals surface area contributed by atoms with Crippen LogP contribution < -0.4 is 14.8 Å². The molecule has 0 radical (unpaired) electrons. The molecular formula is C38H54N4O3. The van der Waals surface area contributed by atoms with Gasteiger partial charge in [0.25, 0.3) is 5.91 Å². The van der Waals surface area contributed by atoms with Gasteiger partial charge < -0.3 is 14.8 Å². The van der Waals surface area contributed by atoms with Crippen molar-refractivity contribution in [1.82, 2.24) is 14.6 Å². The highest BCUT2D eigenvalue weighted by Crippen LogP contribution is 2.40. The van der Waals surface area contributed by atoms with E-state index in [1.54, 1.807) is 0 Å². The number of nitrogens with zero attached hydrogens (tertiary/aromatic N) is 2. The van der Waals surface area contributed by atoms with Gasteiger partial charge in [-0.05, 0) is 67.2 Å². The average molecular weight is 615 g/mol. The minimum absolute atomic E-state index is 0.0457. The number of amides is 1. The fraction of sp³-hybridized carbons (Fsp3) is 0.526. The van der Waals surface area contributed by atoms with Crippen molar-refractivity contribution < 1.29 is 14.3 Å². The van der Waals surface area contributed by atoms with E-state index in [-0.39, 0.29) is 22.2 Å². The maximum Gasteiger partial charge on any atom is 0.266 e. The first-order valence-electron chi connectivity index (χ1n) is 16.6. The summed E-state index contributed by atoms with van der Waals surface area (Å²) in [4.78, 5) is 19.2. The second-order valence-electron chi connectivity index (χ2n) is 14.6. The topological polar surface area (TPSA) is 80.7 Å². The molecule has 0 saturated carbocycles. The van der Waals surface area contributed by atoms with Crippen molar-refractivity contribution >= 4 is 17.4 Å². The lowest BCUT2D eigenvalue weighted by Crippen LogP contribution is -2.35. The van der Waals surface area contributed by atoms with Gasteiger partial charge in [0.2, 0.25) is 0 Å². The molecule has 45 heavy (non-hydrogen) atoms. The molecule has 7 heteroatoms. The molecule has 244 valence electrons. The number of ether oxygens (including phenoxy) is 2. The molecule has 2 aromatic carbocycles. The summed E-state index contributed by atoms with van der Waals surface area (Å²) in [6.07, 6.45) is 3.76. The lowest BCUT2D eigenvalue weighted by atomic mass is 9.76. The number of benzene rings is 2. The predicted molar refractivity (Wildman–Crippen MR) is 185 cm³/mol. The van der Waals surface area contributed by atoms with E-state index in [0.717, 1.165) is 54.1 Å². The summed E-state index contributed by atoms with van der Waals surface area (Å²) < 4.78 is 14.8. The van der Waals surface area contributed by atoms with E-state index in [9.17, 15) is 4.79 Å². The molecule has 2 heterocycles. The third-order valence-corrected chi connectivity index (χ3v) is 9.26. The van der Waals surface area contributed by atoms with Crippen LogP contribution in [0.5, 0.6) is 17.2 Å². The Morgan fingerprint density at radius 2 is 1.62 bits per heavy atom. The van der Waals surface area contributed by atoms with E-state index in [2.05, 4.69) is 97.9 Å². The molecule has 7 nitrogen and oxygen atoms in total. The number of carbonyl (C=O) groups is 1. The van der Waals surface area contributed by atoms with E-state index < -0.39 is 6.10 Å². The number of imidazole rings is 1. The summed E-state index contributed by atoms with van der Waals surface area (Å²) in [6, 6.07) is 16.2. The molecule has 4 aromatic rings. The number of H-pyrrole nitrogens is 1. The van der Waals surface area contributed by atoms with E-state index in [1.165, 1.54) is 5.56 Å². The maximum atomic E-state index is 14.2. The summed E-state index contributed by atoms with van der Waals surface area (Å²) in [5, 5.41) is 6.62. The zero-order valence-corrected chi connectivity index (χ0v) is 29.4. The van der Waals surface area contributed by atoms with Gasteiger partial charge in [-0.2, -0.15) is 0 Å². The second kappa shape index (κ2) is 13.3. The number of fused-ring (bicyclic) bond motifs is 1. The number of rotatable bonds is 13. The van der Waals surface area contributed by atoms with Crippen LogP contribution in [0, 0.1) is 6.92 Å². The Morgan fingerprint density at radius 3 is 2.22 bits per heavy atom. The summed E-state index contributed by atoms with van der Waals surface area (Å²) in [5.41, 5.74) is 4.24. The summed E-state index contributed by atoms with van der Waals surface area (Å²) >= 11 is 0. The van der Waals surface area contributed by atoms with Crippen LogP contribution in [0.25, 0.3) is 5.65 Å². The first-order valence-corrected chi connectivity index (χ1v) is 16.6. The highest BCUT2D eigenvalue weighted by molar-refractivity contribution is 5.95.